The van der Waals surface area contributed by atoms with Crippen molar-refractivity contribution in [1.29, 1.82) is 0 Å². The van der Waals surface area contributed by atoms with Crippen LogP contribution in [0, 0.1) is 0 Å². The van der Waals surface area contributed by atoms with Crippen molar-refractivity contribution in [2.75, 3.05) is 6.54 Å². The van der Waals surface area contributed by atoms with Gasteiger partial charge in [-0.2, -0.15) is 0 Å². The molecule has 1 saturated carbocycles. The van der Waals surface area contributed by atoms with E-state index in [2.05, 4.69) is 17.4 Å². The van der Waals surface area contributed by atoms with Gasteiger partial charge in [-0.15, -0.1) is 0 Å². The van der Waals surface area contributed by atoms with E-state index in [0.717, 1.165) is 24.4 Å². The zero-order valence-corrected chi connectivity index (χ0v) is 11.0. The lowest BCUT2D eigenvalue weighted by Crippen LogP contribution is -2.14. The van der Waals surface area contributed by atoms with Gasteiger partial charge in [-0.25, -0.2) is 0 Å². The Labute approximate surface area is 109 Å². The molecule has 2 aliphatic rings. The molecule has 1 aromatic carbocycles. The normalized spacial score (nSPS) is 25.4. The van der Waals surface area contributed by atoms with E-state index in [0.29, 0.717) is 11.8 Å². The number of nitrogens with one attached hydrogen (secondary N) is 1. The molecule has 3 rings (SSSR count). The minimum absolute atomic E-state index is 0.369. The van der Waals surface area contributed by atoms with Crippen molar-refractivity contribution in [1.82, 2.24) is 5.32 Å². The van der Waals surface area contributed by atoms with E-state index in [1.807, 2.05) is 6.07 Å². The van der Waals surface area contributed by atoms with Crippen molar-refractivity contribution in [3.63, 3.8) is 0 Å². The van der Waals surface area contributed by atoms with Crippen LogP contribution in [0.2, 0.25) is 0 Å². The van der Waals surface area contributed by atoms with E-state index in [9.17, 15) is 5.11 Å². The fourth-order valence-electron chi connectivity index (χ4n) is 3.49. The highest BCUT2D eigenvalue weighted by molar-refractivity contribution is 5.40. The maximum absolute atomic E-state index is 10.1. The smallest absolute Gasteiger partial charge is 0.120 e. The average Bonchev–Trinajstić information content (AvgIpc) is 2.94. The second kappa shape index (κ2) is 5.31. The first-order valence-electron chi connectivity index (χ1n) is 7.41. The summed E-state index contributed by atoms with van der Waals surface area (Å²) in [7, 11) is 0. The Morgan fingerprint density at radius 3 is 2.56 bits per heavy atom. The third-order valence-electron chi connectivity index (χ3n) is 4.56. The predicted molar refractivity (Wildman–Crippen MR) is 73.9 cm³/mol. The number of aromatic hydroxyl groups is 1. The molecule has 1 aromatic rings. The monoisotopic (exact) mass is 245 g/mol. The van der Waals surface area contributed by atoms with Gasteiger partial charge in [0, 0.05) is 11.6 Å². The van der Waals surface area contributed by atoms with Crippen LogP contribution >= 0.6 is 0 Å². The lowest BCUT2D eigenvalue weighted by molar-refractivity contribution is 0.437. The molecular weight excluding hydrogens is 222 g/mol. The van der Waals surface area contributed by atoms with Crippen LogP contribution in [0.15, 0.2) is 18.2 Å². The Balaban J connectivity index is 1.84. The minimum Gasteiger partial charge on any atom is -0.508 e. The van der Waals surface area contributed by atoms with E-state index >= 15 is 0 Å². The fourth-order valence-corrected chi connectivity index (χ4v) is 3.49. The second-order valence-corrected chi connectivity index (χ2v) is 5.80. The number of phenolic OH excluding ortho intramolecular Hbond substituents is 1. The Kier molecular flexibility index (Phi) is 3.55. The maximum Gasteiger partial charge on any atom is 0.120 e. The zero-order chi connectivity index (χ0) is 12.4. The first-order chi connectivity index (χ1) is 8.84. The van der Waals surface area contributed by atoms with Gasteiger partial charge in [-0.1, -0.05) is 31.4 Å². The lowest BCUT2D eigenvalue weighted by Gasteiger charge is -2.23. The third-order valence-corrected chi connectivity index (χ3v) is 4.56. The average molecular weight is 245 g/mol. The standard InChI is InChI=1S/C16H23NO/c18-16-9-8-13(12-5-2-1-3-6-12)11-14(16)15-7-4-10-17-15/h8-9,11-12,15,17-18H,1-7,10H2/t15-/m0/s1. The van der Waals surface area contributed by atoms with E-state index in [1.165, 1.54) is 44.1 Å². The first-order valence-corrected chi connectivity index (χ1v) is 7.41. The van der Waals surface area contributed by atoms with Crippen molar-refractivity contribution >= 4 is 0 Å². The van der Waals surface area contributed by atoms with Crippen LogP contribution in [0.4, 0.5) is 0 Å². The Bertz CT molecular complexity index is 404. The first kappa shape index (κ1) is 12.0. The van der Waals surface area contributed by atoms with Crippen LogP contribution in [0.5, 0.6) is 5.75 Å². The van der Waals surface area contributed by atoms with Gasteiger partial charge >= 0.3 is 0 Å². The molecule has 1 aliphatic heterocycles. The molecule has 1 atom stereocenters. The molecule has 1 saturated heterocycles. The number of hydrogen-bond donors (Lipinski definition) is 2. The van der Waals surface area contributed by atoms with Gasteiger partial charge in [0.2, 0.25) is 0 Å². The summed E-state index contributed by atoms with van der Waals surface area (Å²) in [6.45, 7) is 1.08. The van der Waals surface area contributed by atoms with Gasteiger partial charge in [0.05, 0.1) is 0 Å². The molecule has 18 heavy (non-hydrogen) atoms. The van der Waals surface area contributed by atoms with E-state index in [1.54, 1.807) is 0 Å². The van der Waals surface area contributed by atoms with Gasteiger partial charge in [-0.3, -0.25) is 0 Å². The Morgan fingerprint density at radius 1 is 1.00 bits per heavy atom. The van der Waals surface area contributed by atoms with Crippen molar-refractivity contribution in [2.45, 2.75) is 56.9 Å². The molecule has 0 radical (unpaired) electrons. The van der Waals surface area contributed by atoms with E-state index < -0.39 is 0 Å². The molecule has 0 aromatic heterocycles. The molecule has 2 heteroatoms. The van der Waals surface area contributed by atoms with Gasteiger partial charge in [-0.05, 0) is 49.8 Å². The van der Waals surface area contributed by atoms with Crippen LogP contribution in [-0.4, -0.2) is 11.7 Å². The minimum atomic E-state index is 0.369. The van der Waals surface area contributed by atoms with E-state index in [-0.39, 0.29) is 0 Å². The summed E-state index contributed by atoms with van der Waals surface area (Å²) in [5.74, 6) is 1.19. The molecule has 1 heterocycles. The summed E-state index contributed by atoms with van der Waals surface area (Å²) >= 11 is 0. The summed E-state index contributed by atoms with van der Waals surface area (Å²) < 4.78 is 0. The molecule has 0 amide bonds. The summed E-state index contributed by atoms with van der Waals surface area (Å²) in [6.07, 6.45) is 9.14. The van der Waals surface area contributed by atoms with Gasteiger partial charge < -0.3 is 10.4 Å². The van der Waals surface area contributed by atoms with Crippen LogP contribution in [0.1, 0.15) is 68.0 Å². The van der Waals surface area contributed by atoms with Crippen molar-refractivity contribution in [2.24, 2.45) is 0 Å². The highest BCUT2D eigenvalue weighted by Crippen LogP contribution is 2.37. The van der Waals surface area contributed by atoms with Crippen molar-refractivity contribution in [3.05, 3.63) is 29.3 Å². The van der Waals surface area contributed by atoms with Gasteiger partial charge in [0.25, 0.3) is 0 Å². The quantitative estimate of drug-likeness (QED) is 0.829. The SMILES string of the molecule is Oc1ccc(C2CCCCC2)cc1[C@@H]1CCCN1. The molecule has 2 N–H and O–H groups in total. The molecule has 2 fully saturated rings. The maximum atomic E-state index is 10.1. The molecule has 1 aliphatic carbocycles. The topological polar surface area (TPSA) is 32.3 Å². The Morgan fingerprint density at radius 2 is 1.83 bits per heavy atom. The highest BCUT2D eigenvalue weighted by atomic mass is 16.3. The number of hydrogen-bond acceptors (Lipinski definition) is 2. The third kappa shape index (κ3) is 2.39. The summed E-state index contributed by atoms with van der Waals surface area (Å²) in [5, 5.41) is 13.5. The van der Waals surface area contributed by atoms with Crippen molar-refractivity contribution < 1.29 is 5.11 Å². The number of rotatable bonds is 2. The number of phenols is 1. The second-order valence-electron chi connectivity index (χ2n) is 5.80. The molecular formula is C16H23NO. The van der Waals surface area contributed by atoms with E-state index in [4.69, 9.17) is 0 Å². The zero-order valence-electron chi connectivity index (χ0n) is 11.0. The summed E-state index contributed by atoms with van der Waals surface area (Å²) in [4.78, 5) is 0. The van der Waals surface area contributed by atoms with Gasteiger partial charge in [0.15, 0.2) is 0 Å². The molecule has 0 bridgehead atoms. The van der Waals surface area contributed by atoms with Crippen LogP contribution < -0.4 is 5.32 Å². The fraction of sp³-hybridized carbons (Fsp3) is 0.625. The molecule has 98 valence electrons. The molecule has 2 nitrogen and oxygen atoms in total. The van der Waals surface area contributed by atoms with Crippen molar-refractivity contribution in [3.8, 4) is 5.75 Å². The largest absolute Gasteiger partial charge is 0.508 e. The molecule has 0 unspecified atom stereocenters. The number of benzene rings is 1. The predicted octanol–water partition coefficient (Wildman–Crippen LogP) is 3.86. The van der Waals surface area contributed by atoms with Crippen LogP contribution in [0.25, 0.3) is 0 Å². The summed E-state index contributed by atoms with van der Waals surface area (Å²) in [5.41, 5.74) is 2.56. The highest BCUT2D eigenvalue weighted by Gasteiger charge is 2.22. The summed E-state index contributed by atoms with van der Waals surface area (Å²) in [6, 6.07) is 6.66. The Hall–Kier alpha value is -1.02. The van der Waals surface area contributed by atoms with Gasteiger partial charge in [0.1, 0.15) is 5.75 Å². The molecule has 0 spiro atoms. The van der Waals surface area contributed by atoms with Crippen LogP contribution in [-0.2, 0) is 0 Å². The van der Waals surface area contributed by atoms with Crippen LogP contribution in [0.3, 0.4) is 0 Å². The lowest BCUT2D eigenvalue weighted by atomic mass is 9.83.